The number of primary sulfonamides is 1. The second kappa shape index (κ2) is 7.61. The van der Waals surface area contributed by atoms with Crippen molar-refractivity contribution < 1.29 is 13.2 Å². The third-order valence-corrected chi connectivity index (χ3v) is 5.84. The normalized spacial score (nSPS) is 20.4. The molecule has 3 N–H and O–H groups in total. The number of carbonyl (C=O) groups is 1. The third kappa shape index (κ3) is 4.85. The molecule has 2 heterocycles. The quantitative estimate of drug-likeness (QED) is 0.804. The molecule has 7 nitrogen and oxygen atoms in total. The highest BCUT2D eigenvalue weighted by Crippen LogP contribution is 2.26. The van der Waals surface area contributed by atoms with E-state index in [1.807, 2.05) is 6.07 Å². The summed E-state index contributed by atoms with van der Waals surface area (Å²) in [5, 5.41) is 8.04. The maximum atomic E-state index is 12.3. The van der Waals surface area contributed by atoms with Crippen LogP contribution in [0, 0.1) is 5.92 Å². The van der Waals surface area contributed by atoms with Crippen molar-refractivity contribution in [1.82, 2.24) is 10.2 Å². The Balaban J connectivity index is 1.45. The van der Waals surface area contributed by atoms with Gasteiger partial charge in [-0.15, -0.1) is 0 Å². The minimum Gasteiger partial charge on any atom is -0.370 e. The highest BCUT2D eigenvalue weighted by molar-refractivity contribution is 7.89. The number of anilines is 1. The standard InChI is InChI=1S/C17H26N4O3S/c18-25(23,24)13-14-7-10-21(12-14)17(22)19-8-11-20-9-3-5-15-4-1-2-6-16(15)20/h1-2,4,6,14H,3,5,7-13H2,(H,19,22)(H2,18,23,24). The number of rotatable bonds is 5. The Kier molecular flexibility index (Phi) is 5.48. The number of amides is 2. The van der Waals surface area contributed by atoms with Crippen molar-refractivity contribution in [2.45, 2.75) is 19.3 Å². The zero-order valence-electron chi connectivity index (χ0n) is 14.4. The number of sulfonamides is 1. The lowest BCUT2D eigenvalue weighted by Gasteiger charge is -2.31. The summed E-state index contributed by atoms with van der Waals surface area (Å²) in [6.07, 6.45) is 2.92. The average molecular weight is 366 g/mol. The highest BCUT2D eigenvalue weighted by atomic mass is 32.2. The first-order valence-corrected chi connectivity index (χ1v) is 10.5. The lowest BCUT2D eigenvalue weighted by Crippen LogP contribution is -2.43. The van der Waals surface area contributed by atoms with Crippen LogP contribution in [0.2, 0.25) is 0 Å². The van der Waals surface area contributed by atoms with Crippen LogP contribution in [0.15, 0.2) is 24.3 Å². The van der Waals surface area contributed by atoms with E-state index in [0.717, 1.165) is 25.9 Å². The Morgan fingerprint density at radius 3 is 2.88 bits per heavy atom. The van der Waals surface area contributed by atoms with Crippen molar-refractivity contribution in [3.05, 3.63) is 29.8 Å². The highest BCUT2D eigenvalue weighted by Gasteiger charge is 2.28. The summed E-state index contributed by atoms with van der Waals surface area (Å²) >= 11 is 0. The first-order chi connectivity index (χ1) is 11.9. The molecule has 0 bridgehead atoms. The molecule has 1 fully saturated rings. The van der Waals surface area contributed by atoms with Crippen molar-refractivity contribution in [3.8, 4) is 0 Å². The number of hydrogen-bond acceptors (Lipinski definition) is 4. The summed E-state index contributed by atoms with van der Waals surface area (Å²) in [5.41, 5.74) is 2.63. The van der Waals surface area contributed by atoms with Crippen molar-refractivity contribution in [1.29, 1.82) is 0 Å². The molecular formula is C17H26N4O3S. The topological polar surface area (TPSA) is 95.7 Å². The van der Waals surface area contributed by atoms with E-state index < -0.39 is 10.0 Å². The van der Waals surface area contributed by atoms with Crippen molar-refractivity contribution in [3.63, 3.8) is 0 Å². The summed E-state index contributed by atoms with van der Waals surface area (Å²) in [4.78, 5) is 16.3. The van der Waals surface area contributed by atoms with Crippen LogP contribution >= 0.6 is 0 Å². The van der Waals surface area contributed by atoms with E-state index in [1.54, 1.807) is 4.90 Å². The summed E-state index contributed by atoms with van der Waals surface area (Å²) in [7, 11) is -3.48. The third-order valence-electron chi connectivity index (χ3n) is 4.91. The van der Waals surface area contributed by atoms with Crippen molar-refractivity contribution in [2.75, 3.05) is 43.4 Å². The first kappa shape index (κ1) is 18.0. The number of fused-ring (bicyclic) bond motifs is 1. The molecule has 1 unspecified atom stereocenters. The number of aryl methyl sites for hydroxylation is 1. The van der Waals surface area contributed by atoms with E-state index in [-0.39, 0.29) is 17.7 Å². The fraction of sp³-hybridized carbons (Fsp3) is 0.588. The molecule has 2 amide bonds. The lowest BCUT2D eigenvalue weighted by molar-refractivity contribution is 0.207. The fourth-order valence-corrected chi connectivity index (χ4v) is 4.66. The molecule has 8 heteroatoms. The molecule has 2 aliphatic heterocycles. The van der Waals surface area contributed by atoms with Crippen LogP contribution in [0.25, 0.3) is 0 Å². The number of carbonyl (C=O) groups excluding carboxylic acids is 1. The van der Waals surface area contributed by atoms with E-state index in [9.17, 15) is 13.2 Å². The van der Waals surface area contributed by atoms with Gasteiger partial charge in [-0.25, -0.2) is 18.4 Å². The van der Waals surface area contributed by atoms with Crippen LogP contribution in [0.3, 0.4) is 0 Å². The van der Waals surface area contributed by atoms with Crippen LogP contribution < -0.4 is 15.4 Å². The predicted molar refractivity (Wildman–Crippen MR) is 98.0 cm³/mol. The van der Waals surface area contributed by atoms with Gasteiger partial charge in [0, 0.05) is 38.4 Å². The van der Waals surface area contributed by atoms with Gasteiger partial charge in [-0.3, -0.25) is 0 Å². The molecule has 1 aromatic carbocycles. The van der Waals surface area contributed by atoms with Gasteiger partial charge in [0.2, 0.25) is 10.0 Å². The second-order valence-corrected chi connectivity index (χ2v) is 8.54. The van der Waals surface area contributed by atoms with Gasteiger partial charge in [0.1, 0.15) is 0 Å². The van der Waals surface area contributed by atoms with Gasteiger partial charge in [0.15, 0.2) is 0 Å². The van der Waals surface area contributed by atoms with Crippen LogP contribution in [0.5, 0.6) is 0 Å². The number of benzene rings is 1. The number of para-hydroxylation sites is 1. The summed E-state index contributed by atoms with van der Waals surface area (Å²) in [5.74, 6) is -0.115. The molecule has 0 aliphatic carbocycles. The van der Waals surface area contributed by atoms with Gasteiger partial charge in [0.05, 0.1) is 5.75 Å². The number of nitrogens with two attached hydrogens (primary N) is 1. The van der Waals surface area contributed by atoms with Gasteiger partial charge in [-0.2, -0.15) is 0 Å². The maximum Gasteiger partial charge on any atom is 0.317 e. The molecule has 2 aliphatic rings. The molecule has 1 atom stereocenters. The molecule has 1 aromatic rings. The zero-order chi connectivity index (χ0) is 17.9. The largest absolute Gasteiger partial charge is 0.370 e. The van der Waals surface area contributed by atoms with E-state index in [0.29, 0.717) is 26.1 Å². The van der Waals surface area contributed by atoms with Gasteiger partial charge in [-0.05, 0) is 36.8 Å². The van der Waals surface area contributed by atoms with Gasteiger partial charge in [-0.1, -0.05) is 18.2 Å². The van der Waals surface area contributed by atoms with Gasteiger partial charge >= 0.3 is 6.03 Å². The number of nitrogens with one attached hydrogen (secondary N) is 1. The monoisotopic (exact) mass is 366 g/mol. The predicted octanol–water partition coefficient (Wildman–Crippen LogP) is 0.759. The summed E-state index contributed by atoms with van der Waals surface area (Å²) in [6.45, 7) is 3.39. The second-order valence-electron chi connectivity index (χ2n) is 6.88. The van der Waals surface area contributed by atoms with Crippen LogP contribution in [0.4, 0.5) is 10.5 Å². The molecule has 0 spiro atoms. The SMILES string of the molecule is NS(=O)(=O)CC1CCN(C(=O)NCCN2CCCc3ccccc32)C1. The van der Waals surface area contributed by atoms with Gasteiger partial charge in [0.25, 0.3) is 0 Å². The van der Waals surface area contributed by atoms with E-state index >= 15 is 0 Å². The van der Waals surface area contributed by atoms with Crippen molar-refractivity contribution >= 4 is 21.7 Å². The van der Waals surface area contributed by atoms with E-state index in [2.05, 4.69) is 28.4 Å². The smallest absolute Gasteiger partial charge is 0.317 e. The minimum atomic E-state index is -3.48. The Morgan fingerprint density at radius 1 is 1.28 bits per heavy atom. The van der Waals surface area contributed by atoms with Gasteiger partial charge < -0.3 is 15.1 Å². The van der Waals surface area contributed by atoms with Crippen LogP contribution in [-0.4, -0.2) is 57.8 Å². The van der Waals surface area contributed by atoms with Crippen LogP contribution in [-0.2, 0) is 16.4 Å². The summed E-state index contributed by atoms with van der Waals surface area (Å²) in [6, 6.07) is 8.29. The minimum absolute atomic E-state index is 0.0542. The number of urea groups is 1. The van der Waals surface area contributed by atoms with Crippen LogP contribution in [0.1, 0.15) is 18.4 Å². The molecule has 0 radical (unpaired) electrons. The Morgan fingerprint density at radius 2 is 2.08 bits per heavy atom. The Labute approximate surface area is 149 Å². The summed E-state index contributed by atoms with van der Waals surface area (Å²) < 4.78 is 22.3. The molecule has 1 saturated heterocycles. The zero-order valence-corrected chi connectivity index (χ0v) is 15.2. The van der Waals surface area contributed by atoms with E-state index in [1.165, 1.54) is 11.3 Å². The molecule has 0 saturated carbocycles. The Bertz CT molecular complexity index is 722. The number of hydrogen-bond donors (Lipinski definition) is 2. The maximum absolute atomic E-state index is 12.3. The molecular weight excluding hydrogens is 340 g/mol. The molecule has 3 rings (SSSR count). The molecule has 25 heavy (non-hydrogen) atoms. The first-order valence-electron chi connectivity index (χ1n) is 8.78. The lowest BCUT2D eigenvalue weighted by atomic mass is 10.0. The Hall–Kier alpha value is -1.80. The molecule has 0 aromatic heterocycles. The number of nitrogens with zero attached hydrogens (tertiary/aromatic N) is 2. The average Bonchev–Trinajstić information content (AvgIpc) is 3.01. The molecule has 138 valence electrons. The van der Waals surface area contributed by atoms with Crippen molar-refractivity contribution in [2.24, 2.45) is 11.1 Å². The fourth-order valence-electron chi connectivity index (χ4n) is 3.74. The number of likely N-dealkylation sites (tertiary alicyclic amines) is 1. The van der Waals surface area contributed by atoms with E-state index in [4.69, 9.17) is 5.14 Å².